The van der Waals surface area contributed by atoms with Gasteiger partial charge in [-0.3, -0.25) is 4.72 Å². The van der Waals surface area contributed by atoms with E-state index in [1.54, 1.807) is 0 Å². The van der Waals surface area contributed by atoms with Crippen LogP contribution in [0.4, 0.5) is 5.69 Å². The zero-order valence-electron chi connectivity index (χ0n) is 15.0. The molecule has 0 saturated carbocycles. The Labute approximate surface area is 150 Å². The second-order valence-electron chi connectivity index (χ2n) is 5.66. The van der Waals surface area contributed by atoms with Gasteiger partial charge in [0.1, 0.15) is 10.6 Å². The molecule has 1 aromatic carbocycles. The van der Waals surface area contributed by atoms with Gasteiger partial charge in [0.05, 0.1) is 18.6 Å². The number of nitrogens with one attached hydrogen (secondary N) is 2. The Bertz CT molecular complexity index is 779. The van der Waals surface area contributed by atoms with Gasteiger partial charge in [0.2, 0.25) is 20.0 Å². The fraction of sp³-hybridized carbons (Fsp3) is 0.600. The van der Waals surface area contributed by atoms with Gasteiger partial charge in [0.25, 0.3) is 0 Å². The molecule has 4 N–H and O–H groups in total. The van der Waals surface area contributed by atoms with Crippen molar-refractivity contribution in [2.24, 2.45) is 5.73 Å². The number of anilines is 1. The fourth-order valence-electron chi connectivity index (χ4n) is 2.25. The van der Waals surface area contributed by atoms with Crippen molar-refractivity contribution in [3.63, 3.8) is 0 Å². The molecule has 0 radical (unpaired) electrons. The van der Waals surface area contributed by atoms with E-state index in [1.165, 1.54) is 32.2 Å². The van der Waals surface area contributed by atoms with Gasteiger partial charge >= 0.3 is 0 Å². The average Bonchev–Trinajstić information content (AvgIpc) is 2.59. The lowest BCUT2D eigenvalue weighted by molar-refractivity contribution is 0.363. The van der Waals surface area contributed by atoms with Crippen LogP contribution in [0.25, 0.3) is 0 Å². The van der Waals surface area contributed by atoms with Crippen LogP contribution in [0.1, 0.15) is 33.6 Å². The van der Waals surface area contributed by atoms with E-state index in [2.05, 4.69) is 9.44 Å². The van der Waals surface area contributed by atoms with Crippen molar-refractivity contribution >= 4 is 25.7 Å². The molecule has 0 heterocycles. The first-order valence-corrected chi connectivity index (χ1v) is 11.1. The molecule has 0 bridgehead atoms. The summed E-state index contributed by atoms with van der Waals surface area (Å²) in [4.78, 5) is -0.176. The van der Waals surface area contributed by atoms with Crippen LogP contribution >= 0.6 is 0 Å². The van der Waals surface area contributed by atoms with E-state index >= 15 is 0 Å². The molecule has 0 atom stereocenters. The minimum Gasteiger partial charge on any atom is -0.497 e. The van der Waals surface area contributed by atoms with Crippen molar-refractivity contribution in [2.75, 3.05) is 24.1 Å². The highest BCUT2D eigenvalue weighted by Crippen LogP contribution is 2.29. The SMILES string of the molecule is CCC(CC)(CN)NS(=O)(=O)c1ccc(OC)cc1NS(=O)(=O)CC. The van der Waals surface area contributed by atoms with Gasteiger partial charge in [0, 0.05) is 18.2 Å². The summed E-state index contributed by atoms with van der Waals surface area (Å²) in [5.41, 5.74) is 4.91. The van der Waals surface area contributed by atoms with Crippen LogP contribution in [0.2, 0.25) is 0 Å². The first-order chi connectivity index (χ1) is 11.6. The van der Waals surface area contributed by atoms with Crippen molar-refractivity contribution in [2.45, 2.75) is 44.0 Å². The first kappa shape index (κ1) is 21.7. The molecule has 8 nitrogen and oxygen atoms in total. The van der Waals surface area contributed by atoms with Gasteiger partial charge in [-0.15, -0.1) is 0 Å². The summed E-state index contributed by atoms with van der Waals surface area (Å²) >= 11 is 0. The summed E-state index contributed by atoms with van der Waals surface area (Å²) in [6.45, 7) is 5.27. The van der Waals surface area contributed by atoms with E-state index in [1.807, 2.05) is 13.8 Å². The molecule has 0 amide bonds. The van der Waals surface area contributed by atoms with Crippen LogP contribution < -0.4 is 19.9 Å². The van der Waals surface area contributed by atoms with Crippen molar-refractivity contribution in [3.8, 4) is 5.75 Å². The van der Waals surface area contributed by atoms with E-state index < -0.39 is 25.6 Å². The van der Waals surface area contributed by atoms with E-state index in [9.17, 15) is 16.8 Å². The lowest BCUT2D eigenvalue weighted by atomic mass is 9.95. The molecule has 25 heavy (non-hydrogen) atoms. The van der Waals surface area contributed by atoms with Gasteiger partial charge in [-0.25, -0.2) is 21.6 Å². The van der Waals surface area contributed by atoms with Gasteiger partial charge in [-0.2, -0.15) is 0 Å². The summed E-state index contributed by atoms with van der Waals surface area (Å²) in [5, 5.41) is 0. The van der Waals surface area contributed by atoms with Crippen LogP contribution in [-0.4, -0.2) is 41.8 Å². The van der Waals surface area contributed by atoms with Gasteiger partial charge in [-0.1, -0.05) is 13.8 Å². The Balaban J connectivity index is 3.44. The third-order valence-electron chi connectivity index (χ3n) is 4.22. The molecular weight excluding hydrogens is 366 g/mol. The molecule has 0 saturated heterocycles. The van der Waals surface area contributed by atoms with E-state index in [0.29, 0.717) is 18.6 Å². The van der Waals surface area contributed by atoms with Crippen LogP contribution in [0.3, 0.4) is 0 Å². The molecule has 0 spiro atoms. The maximum absolute atomic E-state index is 12.9. The number of ether oxygens (including phenoxy) is 1. The third kappa shape index (κ3) is 5.30. The molecule has 0 aliphatic carbocycles. The number of rotatable bonds is 10. The average molecular weight is 394 g/mol. The maximum Gasteiger partial charge on any atom is 0.243 e. The Hall–Kier alpha value is -1.36. The van der Waals surface area contributed by atoms with Gasteiger partial charge < -0.3 is 10.5 Å². The van der Waals surface area contributed by atoms with Gasteiger partial charge in [-0.05, 0) is 31.9 Å². The third-order valence-corrected chi connectivity index (χ3v) is 7.14. The predicted molar refractivity (Wildman–Crippen MR) is 98.8 cm³/mol. The topological polar surface area (TPSA) is 128 Å². The number of hydrogen-bond donors (Lipinski definition) is 3. The van der Waals surface area contributed by atoms with E-state index in [0.717, 1.165) is 0 Å². The van der Waals surface area contributed by atoms with Crippen molar-refractivity contribution in [3.05, 3.63) is 18.2 Å². The van der Waals surface area contributed by atoms with Gasteiger partial charge in [0.15, 0.2) is 0 Å². The molecule has 1 aromatic rings. The minimum atomic E-state index is -4.00. The quantitative estimate of drug-likeness (QED) is 0.549. The maximum atomic E-state index is 12.9. The molecule has 10 heteroatoms. The molecule has 0 fully saturated rings. The van der Waals surface area contributed by atoms with Crippen molar-refractivity contribution in [1.82, 2.24) is 4.72 Å². The molecule has 1 rings (SSSR count). The lowest BCUT2D eigenvalue weighted by Gasteiger charge is -2.31. The molecule has 0 aliphatic rings. The number of sulfonamides is 2. The summed E-state index contributed by atoms with van der Waals surface area (Å²) in [5.74, 6) is 0.150. The summed E-state index contributed by atoms with van der Waals surface area (Å²) in [6.07, 6.45) is 1.01. The molecule has 144 valence electrons. The van der Waals surface area contributed by atoms with Crippen molar-refractivity contribution in [1.29, 1.82) is 0 Å². The fourth-order valence-corrected chi connectivity index (χ4v) is 4.67. The molecule has 0 aliphatic heterocycles. The highest BCUT2D eigenvalue weighted by molar-refractivity contribution is 7.93. The summed E-state index contributed by atoms with van der Waals surface area (Å²) in [7, 11) is -6.26. The number of nitrogens with two attached hydrogens (primary N) is 1. The lowest BCUT2D eigenvalue weighted by Crippen LogP contribution is -2.52. The zero-order valence-corrected chi connectivity index (χ0v) is 16.6. The number of benzene rings is 1. The summed E-state index contributed by atoms with van der Waals surface area (Å²) < 4.78 is 59.6. The van der Waals surface area contributed by atoms with Crippen LogP contribution in [0, 0.1) is 0 Å². The predicted octanol–water partition coefficient (Wildman–Crippen LogP) is 1.25. The Morgan fingerprint density at radius 3 is 2.16 bits per heavy atom. The molecule has 0 aromatic heterocycles. The van der Waals surface area contributed by atoms with Crippen LogP contribution in [0.15, 0.2) is 23.1 Å². The van der Waals surface area contributed by atoms with E-state index in [-0.39, 0.29) is 22.9 Å². The monoisotopic (exact) mass is 393 g/mol. The standard InChI is InChI=1S/C15H27N3O5S2/c1-5-15(6-2,11-16)18-25(21,22)14-9-8-12(23-4)10-13(14)17-24(19,20)7-3/h8-10,17-18H,5-7,11,16H2,1-4H3. The largest absolute Gasteiger partial charge is 0.497 e. The summed E-state index contributed by atoms with van der Waals surface area (Å²) in [6, 6.07) is 4.10. The number of methoxy groups -OCH3 is 1. The normalized spacial score (nSPS) is 12.8. The Morgan fingerprint density at radius 1 is 1.12 bits per heavy atom. The smallest absolute Gasteiger partial charge is 0.243 e. The van der Waals surface area contributed by atoms with Crippen LogP contribution in [-0.2, 0) is 20.0 Å². The van der Waals surface area contributed by atoms with Crippen LogP contribution in [0.5, 0.6) is 5.75 Å². The van der Waals surface area contributed by atoms with E-state index in [4.69, 9.17) is 10.5 Å². The Kier molecular flexibility index (Phi) is 7.24. The first-order valence-electron chi connectivity index (χ1n) is 8.01. The second-order valence-corrected chi connectivity index (χ2v) is 9.33. The molecular formula is C15H27N3O5S2. The number of hydrogen-bond acceptors (Lipinski definition) is 6. The second kappa shape index (κ2) is 8.35. The minimum absolute atomic E-state index is 0.0631. The van der Waals surface area contributed by atoms with Crippen molar-refractivity contribution < 1.29 is 21.6 Å². The highest BCUT2D eigenvalue weighted by Gasteiger charge is 2.32. The highest BCUT2D eigenvalue weighted by atomic mass is 32.2. The molecule has 0 unspecified atom stereocenters. The Morgan fingerprint density at radius 2 is 1.72 bits per heavy atom. The zero-order chi connectivity index (χ0) is 19.3.